The van der Waals surface area contributed by atoms with E-state index in [1.807, 2.05) is 41.3 Å². The van der Waals surface area contributed by atoms with E-state index >= 15 is 0 Å². The Labute approximate surface area is 193 Å². The molecule has 1 saturated carbocycles. The van der Waals surface area contributed by atoms with Gasteiger partial charge in [-0.25, -0.2) is 8.78 Å². The maximum absolute atomic E-state index is 14.4. The van der Waals surface area contributed by atoms with E-state index in [4.69, 9.17) is 0 Å². The average molecular weight is 453 g/mol. The molecule has 1 aliphatic carbocycles. The van der Waals surface area contributed by atoms with Crippen LogP contribution in [0.2, 0.25) is 0 Å². The maximum atomic E-state index is 14.4. The lowest BCUT2D eigenvalue weighted by Gasteiger charge is -2.40. The van der Waals surface area contributed by atoms with Crippen LogP contribution in [0.25, 0.3) is 6.08 Å². The monoisotopic (exact) mass is 452 g/mol. The molecule has 1 atom stereocenters. The number of carbonyl (C=O) groups is 2. The number of rotatable bonds is 7. The van der Waals surface area contributed by atoms with Crippen molar-refractivity contribution in [2.75, 3.05) is 20.1 Å². The highest BCUT2D eigenvalue weighted by Gasteiger charge is 2.38. The van der Waals surface area contributed by atoms with Gasteiger partial charge in [-0.15, -0.1) is 0 Å². The average Bonchev–Trinajstić information content (AvgIpc) is 3.68. The Morgan fingerprint density at radius 3 is 2.39 bits per heavy atom. The third-order valence-electron chi connectivity index (χ3n) is 6.83. The lowest BCUT2D eigenvalue weighted by molar-refractivity contribution is -0.136. The number of likely N-dealkylation sites (tertiary alicyclic amines) is 1. The predicted molar refractivity (Wildman–Crippen MR) is 124 cm³/mol. The zero-order valence-electron chi connectivity index (χ0n) is 18.9. The molecule has 0 aromatic heterocycles. The molecule has 2 fully saturated rings. The van der Waals surface area contributed by atoms with Crippen molar-refractivity contribution in [3.05, 3.63) is 77.4 Å². The van der Waals surface area contributed by atoms with E-state index in [1.165, 1.54) is 12.1 Å². The molecule has 4 rings (SSSR count). The first-order valence-corrected chi connectivity index (χ1v) is 11.6. The molecule has 0 N–H and O–H groups in total. The van der Waals surface area contributed by atoms with Gasteiger partial charge in [0.05, 0.1) is 0 Å². The van der Waals surface area contributed by atoms with Crippen LogP contribution in [0.15, 0.2) is 54.6 Å². The number of likely N-dealkylation sites (N-methyl/N-ethyl adjacent to an activating group) is 1. The zero-order chi connectivity index (χ0) is 23.4. The van der Waals surface area contributed by atoms with Gasteiger partial charge in [-0.2, -0.15) is 0 Å². The molecule has 0 bridgehead atoms. The van der Waals surface area contributed by atoms with E-state index in [0.29, 0.717) is 25.1 Å². The highest BCUT2D eigenvalue weighted by atomic mass is 19.1. The van der Waals surface area contributed by atoms with Crippen LogP contribution in [0.5, 0.6) is 0 Å². The first-order valence-electron chi connectivity index (χ1n) is 11.6. The minimum absolute atomic E-state index is 0.0270. The Hall–Kier alpha value is -3.02. The summed E-state index contributed by atoms with van der Waals surface area (Å²) in [5.41, 5.74) is 1.39. The second kappa shape index (κ2) is 10.3. The number of benzene rings is 2. The zero-order valence-corrected chi connectivity index (χ0v) is 18.9. The van der Waals surface area contributed by atoms with Crippen molar-refractivity contribution in [2.45, 2.75) is 38.1 Å². The molecule has 0 unspecified atom stereocenters. The molecular formula is C27H30F2N2O2. The number of amides is 2. The molecule has 33 heavy (non-hydrogen) atoms. The normalized spacial score (nSPS) is 17.8. The van der Waals surface area contributed by atoms with Crippen LogP contribution >= 0.6 is 0 Å². The van der Waals surface area contributed by atoms with E-state index in [2.05, 4.69) is 0 Å². The van der Waals surface area contributed by atoms with Crippen LogP contribution in [-0.4, -0.2) is 47.8 Å². The van der Waals surface area contributed by atoms with Crippen LogP contribution in [-0.2, 0) is 16.0 Å². The first-order chi connectivity index (χ1) is 15.9. The van der Waals surface area contributed by atoms with Gasteiger partial charge >= 0.3 is 0 Å². The molecule has 0 radical (unpaired) electrons. The lowest BCUT2D eigenvalue weighted by atomic mass is 9.84. The fraction of sp³-hybridized carbons (Fsp3) is 0.407. The molecule has 0 spiro atoms. The van der Waals surface area contributed by atoms with E-state index < -0.39 is 11.6 Å². The van der Waals surface area contributed by atoms with Gasteiger partial charge in [0.1, 0.15) is 11.6 Å². The first kappa shape index (κ1) is 23.1. The number of piperidine rings is 1. The van der Waals surface area contributed by atoms with Crippen molar-refractivity contribution in [3.63, 3.8) is 0 Å². The Kier molecular flexibility index (Phi) is 7.21. The van der Waals surface area contributed by atoms with E-state index in [9.17, 15) is 18.4 Å². The summed E-state index contributed by atoms with van der Waals surface area (Å²) in [6.45, 7) is 1.19. The van der Waals surface area contributed by atoms with Gasteiger partial charge in [0.2, 0.25) is 11.8 Å². The Morgan fingerprint density at radius 2 is 1.76 bits per heavy atom. The molecule has 1 heterocycles. The lowest BCUT2D eigenvalue weighted by Crippen LogP contribution is -2.48. The predicted octanol–water partition coefficient (Wildman–Crippen LogP) is 4.70. The van der Waals surface area contributed by atoms with E-state index in [-0.39, 0.29) is 29.7 Å². The van der Waals surface area contributed by atoms with Gasteiger partial charge in [0, 0.05) is 44.2 Å². The number of nitrogens with zero attached hydrogens (tertiary/aromatic N) is 2. The summed E-state index contributed by atoms with van der Waals surface area (Å²) >= 11 is 0. The van der Waals surface area contributed by atoms with Crippen molar-refractivity contribution in [2.24, 2.45) is 11.8 Å². The molecule has 1 aliphatic heterocycles. The van der Waals surface area contributed by atoms with Crippen molar-refractivity contribution >= 4 is 17.9 Å². The summed E-state index contributed by atoms with van der Waals surface area (Å²) in [4.78, 5) is 29.1. The van der Waals surface area contributed by atoms with Crippen LogP contribution in [0.4, 0.5) is 8.78 Å². The van der Waals surface area contributed by atoms with Crippen LogP contribution in [0.1, 0.15) is 36.8 Å². The van der Waals surface area contributed by atoms with Crippen molar-refractivity contribution < 1.29 is 18.4 Å². The topological polar surface area (TPSA) is 40.6 Å². The minimum atomic E-state index is -0.606. The van der Waals surface area contributed by atoms with E-state index in [0.717, 1.165) is 37.3 Å². The van der Waals surface area contributed by atoms with Crippen molar-refractivity contribution in [3.8, 4) is 0 Å². The number of hydrogen-bond donors (Lipinski definition) is 0. The molecule has 4 nitrogen and oxygen atoms in total. The number of halogens is 2. The highest BCUT2D eigenvalue weighted by molar-refractivity contribution is 5.91. The third-order valence-corrected chi connectivity index (χ3v) is 6.83. The van der Waals surface area contributed by atoms with E-state index in [1.54, 1.807) is 18.0 Å². The Bertz CT molecular complexity index is 1010. The minimum Gasteiger partial charge on any atom is -0.342 e. The Balaban J connectivity index is 1.42. The second-order valence-electron chi connectivity index (χ2n) is 9.14. The molecule has 2 aromatic carbocycles. The molecule has 1 saturated heterocycles. The molecule has 2 amide bonds. The van der Waals surface area contributed by atoms with Gasteiger partial charge in [-0.3, -0.25) is 9.59 Å². The highest BCUT2D eigenvalue weighted by Crippen LogP contribution is 2.34. The SMILES string of the molecule is CN(C(=O)C1CC1)[C@@H](Cc1ccc(F)cc1F)C1CCN(C(=O)/C=C/c2ccccc2)CC1. The number of hydrogen-bond acceptors (Lipinski definition) is 2. The standard InChI is InChI=1S/C27H30F2N2O2/c1-30(27(33)21-8-9-21)25(17-22-10-11-23(28)18-24(22)29)20-13-15-31(16-14-20)26(32)12-7-19-5-3-2-4-6-19/h2-7,10-12,18,20-21,25H,8-9,13-17H2,1H3/b12-7+/t25-/m0/s1. The van der Waals surface area contributed by atoms with Crippen molar-refractivity contribution in [1.82, 2.24) is 9.80 Å². The van der Waals surface area contributed by atoms with Crippen LogP contribution in [0.3, 0.4) is 0 Å². The second-order valence-corrected chi connectivity index (χ2v) is 9.14. The quantitative estimate of drug-likeness (QED) is 0.572. The summed E-state index contributed by atoms with van der Waals surface area (Å²) in [5.74, 6) is -0.895. The Morgan fingerprint density at radius 1 is 1.06 bits per heavy atom. The summed E-state index contributed by atoms with van der Waals surface area (Å²) in [6.07, 6.45) is 7.04. The molecule has 6 heteroatoms. The summed E-state index contributed by atoms with van der Waals surface area (Å²) in [5, 5.41) is 0. The fourth-order valence-electron chi connectivity index (χ4n) is 4.66. The molecule has 174 valence electrons. The third kappa shape index (κ3) is 5.86. The van der Waals surface area contributed by atoms with Gasteiger partial charge < -0.3 is 9.80 Å². The van der Waals surface area contributed by atoms with Gasteiger partial charge in [-0.1, -0.05) is 36.4 Å². The molecule has 2 aliphatic rings. The van der Waals surface area contributed by atoms with Gasteiger partial charge in [0.15, 0.2) is 0 Å². The molecular weight excluding hydrogens is 422 g/mol. The summed E-state index contributed by atoms with van der Waals surface area (Å²) in [6, 6.07) is 13.1. The summed E-state index contributed by atoms with van der Waals surface area (Å²) < 4.78 is 27.8. The largest absolute Gasteiger partial charge is 0.342 e. The maximum Gasteiger partial charge on any atom is 0.246 e. The summed E-state index contributed by atoms with van der Waals surface area (Å²) in [7, 11) is 1.80. The van der Waals surface area contributed by atoms with Gasteiger partial charge in [0.25, 0.3) is 0 Å². The number of carbonyl (C=O) groups excluding carboxylic acids is 2. The smallest absolute Gasteiger partial charge is 0.246 e. The van der Waals surface area contributed by atoms with Crippen molar-refractivity contribution in [1.29, 1.82) is 0 Å². The van der Waals surface area contributed by atoms with Crippen LogP contribution in [0, 0.1) is 23.5 Å². The van der Waals surface area contributed by atoms with Gasteiger partial charge in [-0.05, 0) is 61.3 Å². The fourth-order valence-corrected chi connectivity index (χ4v) is 4.66. The van der Waals surface area contributed by atoms with Crippen LogP contribution < -0.4 is 0 Å². The molecule has 2 aromatic rings.